The molecule has 0 aliphatic carbocycles. The van der Waals surface area contributed by atoms with E-state index in [4.69, 9.17) is 9.47 Å². The molecular weight excluding hydrogens is 382 g/mol. The number of nitrogens with one attached hydrogen (secondary N) is 1. The summed E-state index contributed by atoms with van der Waals surface area (Å²) in [6.45, 7) is 5.27. The molecule has 0 fully saturated rings. The number of Topliss-reactive ketones (excluding diaryl/α,β-unsaturated/α-hetero) is 2. The number of aryl methyl sites for hydroxylation is 1. The number of carbonyl (C=O) groups is 3. The van der Waals surface area contributed by atoms with Gasteiger partial charge in [0.2, 0.25) is 5.78 Å². The van der Waals surface area contributed by atoms with Gasteiger partial charge in [-0.3, -0.25) is 14.4 Å². The van der Waals surface area contributed by atoms with Crippen LogP contribution in [-0.2, 0) is 9.53 Å². The third kappa shape index (κ3) is 4.95. The molecule has 0 amide bonds. The van der Waals surface area contributed by atoms with E-state index in [0.717, 1.165) is 16.6 Å². The van der Waals surface area contributed by atoms with E-state index in [1.54, 1.807) is 31.2 Å². The zero-order valence-electron chi connectivity index (χ0n) is 17.4. The van der Waals surface area contributed by atoms with E-state index in [2.05, 4.69) is 4.98 Å². The Morgan fingerprint density at radius 2 is 1.73 bits per heavy atom. The van der Waals surface area contributed by atoms with E-state index in [0.29, 0.717) is 29.9 Å². The molecule has 1 heterocycles. The summed E-state index contributed by atoms with van der Waals surface area (Å²) in [5.74, 6) is -0.0356. The van der Waals surface area contributed by atoms with Crippen molar-refractivity contribution >= 4 is 28.4 Å². The quantitative estimate of drug-likeness (QED) is 0.317. The first-order chi connectivity index (χ1) is 14.4. The number of H-pyrrole nitrogens is 1. The van der Waals surface area contributed by atoms with Gasteiger partial charge in [-0.1, -0.05) is 18.2 Å². The van der Waals surface area contributed by atoms with Crippen molar-refractivity contribution in [3.63, 3.8) is 0 Å². The Hall–Kier alpha value is -3.41. The molecule has 30 heavy (non-hydrogen) atoms. The lowest BCUT2D eigenvalue weighted by Gasteiger charge is -2.13. The van der Waals surface area contributed by atoms with Crippen LogP contribution in [0.25, 0.3) is 10.9 Å². The number of para-hydroxylation sites is 1. The maximum atomic E-state index is 12.8. The Balaban J connectivity index is 1.48. The van der Waals surface area contributed by atoms with Crippen molar-refractivity contribution < 1.29 is 23.9 Å². The number of esters is 1. The van der Waals surface area contributed by atoms with Gasteiger partial charge < -0.3 is 14.5 Å². The molecule has 0 unspecified atom stereocenters. The van der Waals surface area contributed by atoms with E-state index in [9.17, 15) is 14.4 Å². The molecule has 0 spiro atoms. The monoisotopic (exact) mass is 407 g/mol. The van der Waals surface area contributed by atoms with Gasteiger partial charge in [0, 0.05) is 34.1 Å². The first-order valence-electron chi connectivity index (χ1n) is 9.91. The Kier molecular flexibility index (Phi) is 6.67. The SMILES string of the molecule is CC(=O)c1ccc(OCCCC(=O)O[C@H](C)C(=O)c2c(C)[nH]c3ccccc23)cc1. The zero-order chi connectivity index (χ0) is 21.7. The van der Waals surface area contributed by atoms with Crippen LogP contribution < -0.4 is 4.74 Å². The first-order valence-corrected chi connectivity index (χ1v) is 9.91. The normalized spacial score (nSPS) is 11.8. The number of aromatic nitrogens is 1. The number of aromatic amines is 1. The smallest absolute Gasteiger partial charge is 0.306 e. The molecule has 0 radical (unpaired) electrons. The molecule has 1 atom stereocenters. The topological polar surface area (TPSA) is 85.5 Å². The fourth-order valence-electron chi connectivity index (χ4n) is 3.30. The van der Waals surface area contributed by atoms with Gasteiger partial charge >= 0.3 is 5.97 Å². The molecule has 0 saturated heterocycles. The summed E-state index contributed by atoms with van der Waals surface area (Å²) >= 11 is 0. The Morgan fingerprint density at radius 3 is 2.43 bits per heavy atom. The fraction of sp³-hybridized carbons (Fsp3) is 0.292. The van der Waals surface area contributed by atoms with E-state index in [-0.39, 0.29) is 18.0 Å². The number of ketones is 2. The van der Waals surface area contributed by atoms with Crippen molar-refractivity contribution in [2.75, 3.05) is 6.61 Å². The van der Waals surface area contributed by atoms with Crippen molar-refractivity contribution in [1.29, 1.82) is 0 Å². The Labute approximate surface area is 175 Å². The van der Waals surface area contributed by atoms with Crippen molar-refractivity contribution in [3.05, 3.63) is 65.4 Å². The minimum Gasteiger partial charge on any atom is -0.494 e. The van der Waals surface area contributed by atoms with Crippen LogP contribution in [0.1, 0.15) is 53.1 Å². The van der Waals surface area contributed by atoms with E-state index < -0.39 is 12.1 Å². The van der Waals surface area contributed by atoms with Crippen molar-refractivity contribution in [1.82, 2.24) is 4.98 Å². The number of hydrogen-bond donors (Lipinski definition) is 1. The molecule has 3 aromatic rings. The van der Waals surface area contributed by atoms with Crippen LogP contribution in [0.2, 0.25) is 0 Å². The molecule has 6 nitrogen and oxygen atoms in total. The highest BCUT2D eigenvalue weighted by Crippen LogP contribution is 2.24. The summed E-state index contributed by atoms with van der Waals surface area (Å²) in [6, 6.07) is 14.4. The minimum atomic E-state index is -0.865. The third-order valence-electron chi connectivity index (χ3n) is 4.87. The second kappa shape index (κ2) is 9.39. The summed E-state index contributed by atoms with van der Waals surface area (Å²) in [7, 11) is 0. The van der Waals surface area contributed by atoms with Crippen LogP contribution in [0.4, 0.5) is 0 Å². The maximum Gasteiger partial charge on any atom is 0.306 e. The van der Waals surface area contributed by atoms with Crippen molar-refractivity contribution in [3.8, 4) is 5.75 Å². The number of carbonyl (C=O) groups excluding carboxylic acids is 3. The van der Waals surface area contributed by atoms with Crippen LogP contribution in [0.5, 0.6) is 5.75 Å². The lowest BCUT2D eigenvalue weighted by Crippen LogP contribution is -2.25. The lowest BCUT2D eigenvalue weighted by atomic mass is 10.0. The highest BCUT2D eigenvalue weighted by molar-refractivity contribution is 6.11. The summed E-state index contributed by atoms with van der Waals surface area (Å²) in [6.07, 6.45) is -0.258. The number of rotatable bonds is 9. The van der Waals surface area contributed by atoms with Crippen molar-refractivity contribution in [2.45, 2.75) is 39.7 Å². The van der Waals surface area contributed by atoms with Gasteiger partial charge in [-0.25, -0.2) is 0 Å². The van der Waals surface area contributed by atoms with Gasteiger partial charge in [-0.05, 0) is 57.5 Å². The van der Waals surface area contributed by atoms with E-state index in [1.807, 2.05) is 31.2 Å². The molecule has 2 aromatic carbocycles. The Bertz CT molecular complexity index is 1060. The predicted octanol–water partition coefficient (Wildman–Crippen LogP) is 4.65. The molecule has 0 bridgehead atoms. The molecule has 0 aliphatic heterocycles. The summed E-state index contributed by atoms with van der Waals surface area (Å²) in [4.78, 5) is 39.4. The maximum absolute atomic E-state index is 12.8. The average Bonchev–Trinajstić information content (AvgIpc) is 3.06. The van der Waals surface area contributed by atoms with Gasteiger partial charge in [0.15, 0.2) is 11.9 Å². The summed E-state index contributed by atoms with van der Waals surface area (Å²) in [5.41, 5.74) is 2.82. The van der Waals surface area contributed by atoms with Gasteiger partial charge in [0.25, 0.3) is 0 Å². The van der Waals surface area contributed by atoms with E-state index in [1.165, 1.54) is 6.92 Å². The Morgan fingerprint density at radius 1 is 1.03 bits per heavy atom. The second-order valence-electron chi connectivity index (χ2n) is 7.20. The molecule has 156 valence electrons. The first kappa shape index (κ1) is 21.3. The standard InChI is InChI=1S/C24H25NO5/c1-15-23(20-7-4-5-8-21(20)25-15)24(28)17(3)30-22(27)9-6-14-29-19-12-10-18(11-13-19)16(2)26/h4-5,7-8,10-13,17,25H,6,9,14H2,1-3H3/t17-/m1/s1. The number of ether oxygens (including phenoxy) is 2. The summed E-state index contributed by atoms with van der Waals surface area (Å²) < 4.78 is 10.9. The molecule has 0 aliphatic rings. The van der Waals surface area contributed by atoms with Gasteiger partial charge in [-0.2, -0.15) is 0 Å². The predicted molar refractivity (Wildman–Crippen MR) is 114 cm³/mol. The lowest BCUT2D eigenvalue weighted by molar-refractivity contribution is -0.146. The second-order valence-corrected chi connectivity index (χ2v) is 7.20. The molecule has 1 aromatic heterocycles. The average molecular weight is 407 g/mol. The number of fused-ring (bicyclic) bond motifs is 1. The minimum absolute atomic E-state index is 0.00390. The molecular formula is C24H25NO5. The molecule has 6 heteroatoms. The van der Waals surface area contributed by atoms with Gasteiger partial charge in [-0.15, -0.1) is 0 Å². The number of hydrogen-bond acceptors (Lipinski definition) is 5. The third-order valence-corrected chi connectivity index (χ3v) is 4.87. The van der Waals surface area contributed by atoms with Crippen LogP contribution in [-0.4, -0.2) is 35.2 Å². The fourth-order valence-corrected chi connectivity index (χ4v) is 3.30. The van der Waals surface area contributed by atoms with Crippen molar-refractivity contribution in [2.24, 2.45) is 0 Å². The van der Waals surface area contributed by atoms with E-state index >= 15 is 0 Å². The van der Waals surface area contributed by atoms with Crippen LogP contribution in [0.15, 0.2) is 48.5 Å². The molecule has 0 saturated carbocycles. The van der Waals surface area contributed by atoms with Gasteiger partial charge in [0.1, 0.15) is 5.75 Å². The highest BCUT2D eigenvalue weighted by Gasteiger charge is 2.24. The largest absolute Gasteiger partial charge is 0.494 e. The summed E-state index contributed by atoms with van der Waals surface area (Å²) in [5, 5.41) is 0.826. The molecule has 1 N–H and O–H groups in total. The van der Waals surface area contributed by atoms with Crippen LogP contribution in [0, 0.1) is 6.92 Å². The van der Waals surface area contributed by atoms with Crippen LogP contribution >= 0.6 is 0 Å². The number of benzene rings is 2. The highest BCUT2D eigenvalue weighted by atomic mass is 16.5. The van der Waals surface area contributed by atoms with Gasteiger partial charge in [0.05, 0.1) is 6.61 Å². The molecule has 3 rings (SSSR count). The van der Waals surface area contributed by atoms with Crippen LogP contribution in [0.3, 0.4) is 0 Å². The zero-order valence-corrected chi connectivity index (χ0v) is 17.4.